The van der Waals surface area contributed by atoms with E-state index in [0.29, 0.717) is 49.9 Å². The molecule has 3 aromatic rings. The Kier molecular flexibility index (Phi) is 5.99. The Morgan fingerprint density at radius 1 is 1.20 bits per heavy atom. The largest absolute Gasteiger partial charge is 0.475 e. The molecule has 1 aromatic heterocycles. The van der Waals surface area contributed by atoms with Crippen LogP contribution >= 0.6 is 11.6 Å². The molecule has 1 saturated heterocycles. The van der Waals surface area contributed by atoms with E-state index >= 15 is 0 Å². The third-order valence-corrected chi connectivity index (χ3v) is 5.44. The summed E-state index contributed by atoms with van der Waals surface area (Å²) in [5, 5.41) is 2.82. The summed E-state index contributed by atoms with van der Waals surface area (Å²) < 4.78 is 19.0. The molecule has 1 amide bonds. The highest BCUT2D eigenvalue weighted by molar-refractivity contribution is 6.31. The van der Waals surface area contributed by atoms with Crippen LogP contribution in [0, 0.1) is 11.7 Å². The molecule has 8 heteroatoms. The van der Waals surface area contributed by atoms with Gasteiger partial charge in [-0.25, -0.2) is 14.4 Å². The summed E-state index contributed by atoms with van der Waals surface area (Å²) in [5.41, 5.74) is 2.09. The normalized spacial score (nSPS) is 14.7. The topological polar surface area (TPSA) is 67.4 Å². The summed E-state index contributed by atoms with van der Waals surface area (Å²) in [4.78, 5) is 24.1. The number of aromatic nitrogens is 2. The van der Waals surface area contributed by atoms with E-state index in [-0.39, 0.29) is 16.8 Å². The number of hydrogen-bond donors (Lipinski definition) is 1. The highest BCUT2D eigenvalue weighted by Gasteiger charge is 2.28. The first-order valence-corrected chi connectivity index (χ1v) is 10.3. The molecule has 2 aromatic carbocycles. The summed E-state index contributed by atoms with van der Waals surface area (Å²) in [6.07, 6.45) is 1.33. The van der Waals surface area contributed by atoms with Crippen molar-refractivity contribution in [2.45, 2.75) is 19.8 Å². The van der Waals surface area contributed by atoms with Crippen molar-refractivity contribution in [2.75, 3.05) is 29.9 Å². The second-order valence-corrected chi connectivity index (χ2v) is 7.56. The minimum absolute atomic E-state index is 0.0130. The number of amides is 1. The molecule has 1 fully saturated rings. The number of para-hydroxylation sites is 2. The number of ether oxygens (including phenoxy) is 1. The Morgan fingerprint density at radius 2 is 1.90 bits per heavy atom. The Bertz CT molecular complexity index is 1070. The Morgan fingerprint density at radius 3 is 2.57 bits per heavy atom. The van der Waals surface area contributed by atoms with Crippen LogP contribution in [0.1, 0.15) is 19.8 Å². The monoisotopic (exact) mass is 428 g/mol. The maximum absolute atomic E-state index is 13.3. The molecule has 0 radical (unpaired) electrons. The zero-order valence-corrected chi connectivity index (χ0v) is 17.3. The lowest BCUT2D eigenvalue weighted by atomic mass is 9.96. The second kappa shape index (κ2) is 8.83. The molecule has 0 aliphatic carbocycles. The Balaban J connectivity index is 1.45. The second-order valence-electron chi connectivity index (χ2n) is 7.15. The fourth-order valence-electron chi connectivity index (χ4n) is 3.59. The van der Waals surface area contributed by atoms with Gasteiger partial charge in [-0.3, -0.25) is 4.79 Å². The van der Waals surface area contributed by atoms with Gasteiger partial charge in [-0.05, 0) is 50.1 Å². The molecule has 2 heterocycles. The van der Waals surface area contributed by atoms with E-state index in [2.05, 4.69) is 15.2 Å². The number of rotatable bonds is 5. The van der Waals surface area contributed by atoms with Crippen LogP contribution in [-0.2, 0) is 4.79 Å². The average Bonchev–Trinajstić information content (AvgIpc) is 2.76. The summed E-state index contributed by atoms with van der Waals surface area (Å²) in [5.74, 6) is 0.477. The van der Waals surface area contributed by atoms with E-state index < -0.39 is 5.82 Å². The highest BCUT2D eigenvalue weighted by Crippen LogP contribution is 2.31. The van der Waals surface area contributed by atoms with Crippen molar-refractivity contribution >= 4 is 40.0 Å². The SMILES string of the molecule is CCOc1nc2ccccc2nc1N1CCC(C(=O)Nc2ccc(F)c(Cl)c2)CC1. The van der Waals surface area contributed by atoms with Gasteiger partial charge < -0.3 is 15.0 Å². The molecule has 1 N–H and O–H groups in total. The molecule has 0 bridgehead atoms. The molecule has 156 valence electrons. The van der Waals surface area contributed by atoms with Crippen LogP contribution in [-0.4, -0.2) is 35.6 Å². The molecule has 0 spiro atoms. The van der Waals surface area contributed by atoms with Crippen LogP contribution in [0.15, 0.2) is 42.5 Å². The number of anilines is 2. The molecular formula is C22H22ClFN4O2. The first-order chi connectivity index (χ1) is 14.5. The number of carbonyl (C=O) groups is 1. The van der Waals surface area contributed by atoms with Crippen LogP contribution in [0.25, 0.3) is 11.0 Å². The maximum atomic E-state index is 13.3. The Hall–Kier alpha value is -2.93. The molecule has 0 atom stereocenters. The van der Waals surface area contributed by atoms with Gasteiger partial charge in [0, 0.05) is 24.7 Å². The van der Waals surface area contributed by atoms with Gasteiger partial charge >= 0.3 is 0 Å². The van der Waals surface area contributed by atoms with Gasteiger partial charge in [0.25, 0.3) is 5.88 Å². The van der Waals surface area contributed by atoms with Crippen LogP contribution < -0.4 is 15.0 Å². The van der Waals surface area contributed by atoms with Crippen LogP contribution in [0.3, 0.4) is 0 Å². The average molecular weight is 429 g/mol. The molecule has 1 aliphatic rings. The lowest BCUT2D eigenvalue weighted by molar-refractivity contribution is -0.120. The maximum Gasteiger partial charge on any atom is 0.258 e. The number of benzene rings is 2. The number of hydrogen-bond acceptors (Lipinski definition) is 5. The van der Waals surface area contributed by atoms with E-state index in [0.717, 1.165) is 11.0 Å². The van der Waals surface area contributed by atoms with E-state index in [9.17, 15) is 9.18 Å². The lowest BCUT2D eigenvalue weighted by Gasteiger charge is -2.32. The van der Waals surface area contributed by atoms with Crippen LogP contribution in [0.4, 0.5) is 15.9 Å². The highest BCUT2D eigenvalue weighted by atomic mass is 35.5. The lowest BCUT2D eigenvalue weighted by Crippen LogP contribution is -2.39. The van der Waals surface area contributed by atoms with E-state index in [4.69, 9.17) is 21.3 Å². The number of piperidine rings is 1. The van der Waals surface area contributed by atoms with Crippen molar-refractivity contribution in [1.82, 2.24) is 9.97 Å². The number of halogens is 2. The van der Waals surface area contributed by atoms with Gasteiger partial charge in [-0.1, -0.05) is 23.7 Å². The third-order valence-electron chi connectivity index (χ3n) is 5.15. The van der Waals surface area contributed by atoms with Crippen molar-refractivity contribution in [3.05, 3.63) is 53.3 Å². The minimum Gasteiger partial charge on any atom is -0.475 e. The fourth-order valence-corrected chi connectivity index (χ4v) is 3.77. The summed E-state index contributed by atoms with van der Waals surface area (Å²) in [6, 6.07) is 11.9. The van der Waals surface area contributed by atoms with E-state index in [1.807, 2.05) is 31.2 Å². The number of carbonyl (C=O) groups excluding carboxylic acids is 1. The van der Waals surface area contributed by atoms with Gasteiger partial charge in [0.15, 0.2) is 5.82 Å². The summed E-state index contributed by atoms with van der Waals surface area (Å²) in [7, 11) is 0. The number of nitrogens with one attached hydrogen (secondary N) is 1. The van der Waals surface area contributed by atoms with Crippen molar-refractivity contribution in [3.63, 3.8) is 0 Å². The van der Waals surface area contributed by atoms with Gasteiger partial charge in [-0.2, -0.15) is 0 Å². The smallest absolute Gasteiger partial charge is 0.258 e. The van der Waals surface area contributed by atoms with Gasteiger partial charge in [-0.15, -0.1) is 0 Å². The molecular weight excluding hydrogens is 407 g/mol. The quantitative estimate of drug-likeness (QED) is 0.639. The number of nitrogens with zero attached hydrogens (tertiary/aromatic N) is 3. The first-order valence-electron chi connectivity index (χ1n) is 9.95. The predicted molar refractivity (Wildman–Crippen MR) is 116 cm³/mol. The van der Waals surface area contributed by atoms with Gasteiger partial charge in [0.05, 0.1) is 22.7 Å². The van der Waals surface area contributed by atoms with Gasteiger partial charge in [0.1, 0.15) is 5.82 Å². The van der Waals surface area contributed by atoms with Gasteiger partial charge in [0.2, 0.25) is 5.91 Å². The standard InChI is InChI=1S/C22H22ClFN4O2/c1-2-30-22-20(26-18-5-3-4-6-19(18)27-22)28-11-9-14(10-12-28)21(29)25-15-7-8-17(24)16(23)13-15/h3-8,13-14H,2,9-12H2,1H3,(H,25,29). The van der Waals surface area contributed by atoms with Crippen LogP contribution in [0.5, 0.6) is 5.88 Å². The molecule has 30 heavy (non-hydrogen) atoms. The molecule has 1 aliphatic heterocycles. The minimum atomic E-state index is -0.510. The summed E-state index contributed by atoms with van der Waals surface area (Å²) in [6.45, 7) is 3.74. The fraction of sp³-hybridized carbons (Fsp3) is 0.318. The zero-order valence-electron chi connectivity index (χ0n) is 16.6. The third kappa shape index (κ3) is 4.31. The van der Waals surface area contributed by atoms with Crippen molar-refractivity contribution in [2.24, 2.45) is 5.92 Å². The Labute approximate surface area is 179 Å². The molecule has 6 nitrogen and oxygen atoms in total. The predicted octanol–water partition coefficient (Wildman–Crippen LogP) is 4.68. The molecule has 4 rings (SSSR count). The van der Waals surface area contributed by atoms with Crippen molar-refractivity contribution < 1.29 is 13.9 Å². The number of fused-ring (bicyclic) bond motifs is 1. The molecule has 0 unspecified atom stereocenters. The van der Waals surface area contributed by atoms with E-state index in [1.54, 1.807) is 0 Å². The summed E-state index contributed by atoms with van der Waals surface area (Å²) >= 11 is 5.79. The van der Waals surface area contributed by atoms with E-state index in [1.165, 1.54) is 18.2 Å². The molecule has 0 saturated carbocycles. The van der Waals surface area contributed by atoms with Crippen molar-refractivity contribution in [3.8, 4) is 5.88 Å². The van der Waals surface area contributed by atoms with Crippen LogP contribution in [0.2, 0.25) is 5.02 Å². The van der Waals surface area contributed by atoms with Crippen molar-refractivity contribution in [1.29, 1.82) is 0 Å². The zero-order chi connectivity index (χ0) is 21.1. The first kappa shape index (κ1) is 20.3.